The minimum Gasteiger partial charge on any atom is -0.496 e. The number of carbonyl (C=O) groups is 1. The number of rotatable bonds is 4. The number of aryl methyl sites for hydroxylation is 1. The highest BCUT2D eigenvalue weighted by atomic mass is 16.5. The van der Waals surface area contributed by atoms with E-state index in [1.54, 1.807) is 7.11 Å². The van der Waals surface area contributed by atoms with Gasteiger partial charge in [0.1, 0.15) is 5.75 Å². The molecule has 5 heteroatoms. The first-order chi connectivity index (χ1) is 15.6. The maximum absolute atomic E-state index is 13.2. The van der Waals surface area contributed by atoms with Gasteiger partial charge in [-0.2, -0.15) is 0 Å². The van der Waals surface area contributed by atoms with Gasteiger partial charge in [0.05, 0.1) is 7.11 Å². The smallest absolute Gasteiger partial charge is 0.317 e. The van der Waals surface area contributed by atoms with Gasteiger partial charge in [0.25, 0.3) is 0 Å². The molecular formula is C27H35N3O2. The fourth-order valence-corrected chi connectivity index (χ4v) is 6.12. The van der Waals surface area contributed by atoms with E-state index in [4.69, 9.17) is 4.74 Å². The Kier molecular flexibility index (Phi) is 6.09. The highest BCUT2D eigenvalue weighted by Crippen LogP contribution is 2.44. The van der Waals surface area contributed by atoms with Crippen LogP contribution in [-0.2, 0) is 12.8 Å². The number of hydrogen-bond acceptors (Lipinski definition) is 3. The number of urea groups is 1. The minimum absolute atomic E-state index is 0.117. The molecule has 2 aromatic rings. The van der Waals surface area contributed by atoms with Crippen LogP contribution in [-0.4, -0.2) is 55.2 Å². The summed E-state index contributed by atoms with van der Waals surface area (Å²) >= 11 is 0. The Morgan fingerprint density at radius 2 is 2.03 bits per heavy atom. The van der Waals surface area contributed by atoms with Crippen LogP contribution >= 0.6 is 0 Å². The zero-order valence-corrected chi connectivity index (χ0v) is 19.3. The van der Waals surface area contributed by atoms with Gasteiger partial charge in [0.15, 0.2) is 0 Å². The number of amides is 2. The molecule has 2 saturated heterocycles. The number of piperidine rings is 2. The van der Waals surface area contributed by atoms with Crippen molar-refractivity contribution in [3.05, 3.63) is 64.7 Å². The Bertz CT molecular complexity index is 961. The second-order valence-electron chi connectivity index (χ2n) is 9.65. The van der Waals surface area contributed by atoms with Gasteiger partial charge in [-0.15, -0.1) is 0 Å². The van der Waals surface area contributed by atoms with Crippen molar-refractivity contribution in [1.29, 1.82) is 0 Å². The van der Waals surface area contributed by atoms with Crippen LogP contribution in [0.25, 0.3) is 0 Å². The Morgan fingerprint density at radius 3 is 2.84 bits per heavy atom. The van der Waals surface area contributed by atoms with E-state index in [1.165, 1.54) is 28.7 Å². The fourth-order valence-electron chi connectivity index (χ4n) is 6.12. The zero-order valence-electron chi connectivity index (χ0n) is 19.3. The van der Waals surface area contributed by atoms with Gasteiger partial charge in [-0.05, 0) is 73.3 Å². The molecule has 3 atom stereocenters. The maximum Gasteiger partial charge on any atom is 0.317 e. The fraction of sp³-hybridized carbons (Fsp3) is 0.519. The predicted molar refractivity (Wildman–Crippen MR) is 127 cm³/mol. The van der Waals surface area contributed by atoms with E-state index >= 15 is 0 Å². The summed E-state index contributed by atoms with van der Waals surface area (Å²) < 4.78 is 5.58. The lowest BCUT2D eigenvalue weighted by Crippen LogP contribution is -2.59. The molecule has 2 fully saturated rings. The number of methoxy groups -OCH3 is 1. The number of fused-ring (bicyclic) bond motifs is 4. The summed E-state index contributed by atoms with van der Waals surface area (Å²) in [6, 6.07) is 15.8. The van der Waals surface area contributed by atoms with Gasteiger partial charge < -0.3 is 15.0 Å². The topological polar surface area (TPSA) is 44.8 Å². The molecule has 32 heavy (non-hydrogen) atoms. The number of likely N-dealkylation sites (tertiary alicyclic amines) is 1. The zero-order chi connectivity index (χ0) is 22.1. The van der Waals surface area contributed by atoms with E-state index in [-0.39, 0.29) is 6.03 Å². The second-order valence-corrected chi connectivity index (χ2v) is 9.65. The summed E-state index contributed by atoms with van der Waals surface area (Å²) in [6.45, 7) is 5.91. The molecule has 0 radical (unpaired) electrons. The van der Waals surface area contributed by atoms with Crippen LogP contribution in [0.1, 0.15) is 47.6 Å². The molecule has 3 aliphatic heterocycles. The number of benzene rings is 2. The average molecular weight is 434 g/mol. The van der Waals surface area contributed by atoms with Gasteiger partial charge in [-0.3, -0.25) is 4.90 Å². The molecule has 0 saturated carbocycles. The van der Waals surface area contributed by atoms with Crippen molar-refractivity contribution in [1.82, 2.24) is 15.1 Å². The van der Waals surface area contributed by atoms with E-state index in [2.05, 4.69) is 58.4 Å². The van der Waals surface area contributed by atoms with Crippen molar-refractivity contribution in [2.45, 2.75) is 51.1 Å². The lowest BCUT2D eigenvalue weighted by atomic mass is 9.76. The molecule has 0 bridgehead atoms. The third-order valence-electron chi connectivity index (χ3n) is 7.77. The van der Waals surface area contributed by atoms with Gasteiger partial charge in [-0.1, -0.05) is 36.4 Å². The maximum atomic E-state index is 13.2. The molecule has 5 nitrogen and oxygen atoms in total. The summed E-state index contributed by atoms with van der Waals surface area (Å²) in [7, 11) is 1.76. The van der Waals surface area contributed by atoms with Crippen molar-refractivity contribution in [2.24, 2.45) is 5.92 Å². The number of nitrogens with zero attached hydrogens (tertiary/aromatic N) is 2. The molecule has 2 aromatic carbocycles. The van der Waals surface area contributed by atoms with Crippen molar-refractivity contribution >= 4 is 6.03 Å². The molecule has 3 aliphatic rings. The summed E-state index contributed by atoms with van der Waals surface area (Å²) in [4.78, 5) is 18.0. The molecule has 5 rings (SSSR count). The Morgan fingerprint density at radius 1 is 1.19 bits per heavy atom. The molecular weight excluding hydrogens is 398 g/mol. The van der Waals surface area contributed by atoms with Crippen molar-refractivity contribution in [3.63, 3.8) is 0 Å². The highest BCUT2D eigenvalue weighted by Gasteiger charge is 2.44. The molecule has 170 valence electrons. The number of ether oxygens (including phenoxy) is 1. The molecule has 0 spiro atoms. The van der Waals surface area contributed by atoms with Crippen molar-refractivity contribution in [2.75, 3.05) is 33.3 Å². The normalized spacial score (nSPS) is 24.8. The van der Waals surface area contributed by atoms with Gasteiger partial charge in [0.2, 0.25) is 0 Å². The minimum atomic E-state index is 0.117. The summed E-state index contributed by atoms with van der Waals surface area (Å²) in [5.74, 6) is 1.57. The van der Waals surface area contributed by atoms with Gasteiger partial charge >= 0.3 is 6.03 Å². The van der Waals surface area contributed by atoms with E-state index in [0.29, 0.717) is 24.5 Å². The van der Waals surface area contributed by atoms with Crippen molar-refractivity contribution in [3.8, 4) is 5.75 Å². The molecule has 1 N–H and O–H groups in total. The van der Waals surface area contributed by atoms with Crippen LogP contribution in [0.15, 0.2) is 42.5 Å². The first-order valence-corrected chi connectivity index (χ1v) is 12.1. The first-order valence-electron chi connectivity index (χ1n) is 12.1. The van der Waals surface area contributed by atoms with Crippen LogP contribution in [0, 0.1) is 12.8 Å². The molecule has 0 aliphatic carbocycles. The average Bonchev–Trinajstić information content (AvgIpc) is 2.82. The van der Waals surface area contributed by atoms with E-state index < -0.39 is 0 Å². The monoisotopic (exact) mass is 433 g/mol. The Labute approximate surface area is 191 Å². The quantitative estimate of drug-likeness (QED) is 0.780. The lowest BCUT2D eigenvalue weighted by Gasteiger charge is -2.52. The van der Waals surface area contributed by atoms with E-state index in [0.717, 1.165) is 51.1 Å². The number of carbonyl (C=O) groups excluding carboxylic acids is 1. The predicted octanol–water partition coefficient (Wildman–Crippen LogP) is 4.34. The van der Waals surface area contributed by atoms with Gasteiger partial charge in [-0.25, -0.2) is 4.79 Å². The van der Waals surface area contributed by atoms with Crippen LogP contribution in [0.3, 0.4) is 0 Å². The first kappa shape index (κ1) is 21.3. The van der Waals surface area contributed by atoms with E-state index in [9.17, 15) is 4.79 Å². The van der Waals surface area contributed by atoms with Gasteiger partial charge in [0, 0.05) is 38.3 Å². The highest BCUT2D eigenvalue weighted by molar-refractivity contribution is 5.74. The molecule has 3 heterocycles. The van der Waals surface area contributed by atoms with Crippen LogP contribution < -0.4 is 10.1 Å². The largest absolute Gasteiger partial charge is 0.496 e. The van der Waals surface area contributed by atoms with Crippen LogP contribution in [0.5, 0.6) is 5.75 Å². The number of hydrogen-bond donors (Lipinski definition) is 1. The standard InChI is InChI=1S/C27H35N3O2/c1-19-15-23-21(16-26(19)32-2)11-14-29-18-22-9-6-13-30(24(22)17-25(23)29)27(31)28-12-10-20-7-4-3-5-8-20/h3-5,7-8,15-16,22,24-25H,6,9-14,17-18H2,1-2H3,(H,28,31)/t22-,24+,25+/m0/s1. The molecule has 0 unspecified atom stereocenters. The number of nitrogens with one attached hydrogen (secondary N) is 1. The van der Waals surface area contributed by atoms with Crippen LogP contribution in [0.2, 0.25) is 0 Å². The summed E-state index contributed by atoms with van der Waals surface area (Å²) in [5, 5.41) is 3.21. The Balaban J connectivity index is 1.29. The summed E-state index contributed by atoms with van der Waals surface area (Å²) in [5.41, 5.74) is 5.33. The van der Waals surface area contributed by atoms with Crippen LogP contribution in [0.4, 0.5) is 4.79 Å². The Hall–Kier alpha value is -2.53. The molecule has 2 amide bonds. The van der Waals surface area contributed by atoms with E-state index in [1.807, 2.05) is 6.07 Å². The second kappa shape index (κ2) is 9.14. The van der Waals surface area contributed by atoms with Crippen molar-refractivity contribution < 1.29 is 9.53 Å². The SMILES string of the molecule is COc1cc2c(cc1C)[C@H]1C[C@@H]3[C@@H](CCCN3C(=O)NCCc3ccccc3)CN1CC2. The lowest BCUT2D eigenvalue weighted by molar-refractivity contribution is 0.00574. The third kappa shape index (κ3) is 4.11. The molecule has 0 aromatic heterocycles. The summed E-state index contributed by atoms with van der Waals surface area (Å²) in [6.07, 6.45) is 5.34. The third-order valence-corrected chi connectivity index (χ3v) is 7.77.